The van der Waals surface area contributed by atoms with Crippen molar-refractivity contribution in [1.82, 2.24) is 19.7 Å². The summed E-state index contributed by atoms with van der Waals surface area (Å²) in [4.78, 5) is 41.0. The van der Waals surface area contributed by atoms with Crippen LogP contribution in [-0.2, 0) is 24.2 Å². The van der Waals surface area contributed by atoms with Gasteiger partial charge in [0, 0.05) is 55.8 Å². The molecule has 1 aliphatic heterocycles. The summed E-state index contributed by atoms with van der Waals surface area (Å²) < 4.78 is 8.72. The van der Waals surface area contributed by atoms with E-state index in [9.17, 15) is 9.59 Å². The van der Waals surface area contributed by atoms with Gasteiger partial charge in [-0.3, -0.25) is 14.8 Å². The van der Waals surface area contributed by atoms with E-state index < -0.39 is 11.6 Å². The third-order valence-corrected chi connectivity index (χ3v) is 9.50. The van der Waals surface area contributed by atoms with Crippen molar-refractivity contribution in [3.63, 3.8) is 0 Å². The summed E-state index contributed by atoms with van der Waals surface area (Å²) in [6.45, 7) is 7.25. The van der Waals surface area contributed by atoms with Crippen molar-refractivity contribution in [2.45, 2.75) is 45.9 Å². The van der Waals surface area contributed by atoms with Gasteiger partial charge in [0.1, 0.15) is 11.4 Å². The normalized spacial score (nSPS) is 12.9. The van der Waals surface area contributed by atoms with Crippen LogP contribution < -0.4 is 15.1 Å². The first kappa shape index (κ1) is 33.0. The number of amides is 1. The SMILES string of the molecule is CN(C)c1cccc(Cn2cc(-c3ccc(N4CCc5cccc(C(=O)Nc6nc7ccccc7s6)c5C4)nc3C(=O)OC(C)(C)C)cn2)c1. The minimum Gasteiger partial charge on any atom is -0.455 e. The molecule has 3 aromatic heterocycles. The predicted molar refractivity (Wildman–Crippen MR) is 199 cm³/mol. The van der Waals surface area contributed by atoms with Crippen LogP contribution in [0.15, 0.2) is 91.3 Å². The quantitative estimate of drug-likeness (QED) is 0.165. The number of hydrogen-bond donors (Lipinski definition) is 1. The molecule has 0 aliphatic carbocycles. The molecule has 3 aromatic carbocycles. The van der Waals surface area contributed by atoms with Crippen LogP contribution in [0.3, 0.4) is 0 Å². The topological polar surface area (TPSA) is 105 Å². The third-order valence-electron chi connectivity index (χ3n) is 8.54. The standard InChI is InChI=1S/C39H39N7O3S/c1-39(2,3)49-37(48)35-29(27-21-40-46(23-27)22-25-10-8-12-28(20-25)44(4)5)16-17-34(42-35)45-19-18-26-11-9-13-30(31(26)24-45)36(47)43-38-41-32-14-6-7-15-33(32)50-38/h6-17,20-21,23H,18-19,22,24H2,1-5H3,(H,41,43,47). The Balaban J connectivity index is 1.16. The van der Waals surface area contributed by atoms with Crippen molar-refractivity contribution >= 4 is 50.1 Å². The fraction of sp³-hybridized carbons (Fsp3) is 0.256. The highest BCUT2D eigenvalue weighted by Gasteiger charge is 2.27. The van der Waals surface area contributed by atoms with Crippen LogP contribution in [0.1, 0.15) is 58.3 Å². The molecule has 1 amide bonds. The smallest absolute Gasteiger partial charge is 0.358 e. The summed E-state index contributed by atoms with van der Waals surface area (Å²) >= 11 is 1.45. The van der Waals surface area contributed by atoms with E-state index in [1.807, 2.05) is 100 Å². The number of rotatable bonds is 8. The molecule has 254 valence electrons. The van der Waals surface area contributed by atoms with E-state index in [0.717, 1.165) is 44.6 Å². The van der Waals surface area contributed by atoms with Gasteiger partial charge in [0.2, 0.25) is 0 Å². The van der Waals surface area contributed by atoms with Gasteiger partial charge in [-0.2, -0.15) is 5.10 Å². The maximum atomic E-state index is 13.7. The average molecular weight is 686 g/mol. The number of benzene rings is 3. The van der Waals surface area contributed by atoms with Gasteiger partial charge < -0.3 is 14.5 Å². The van der Waals surface area contributed by atoms with E-state index in [4.69, 9.17) is 9.72 Å². The molecule has 0 atom stereocenters. The number of hydrogen-bond acceptors (Lipinski definition) is 9. The Morgan fingerprint density at radius 1 is 0.980 bits per heavy atom. The zero-order chi connectivity index (χ0) is 35.0. The summed E-state index contributed by atoms with van der Waals surface area (Å²) in [5.41, 5.74) is 6.66. The molecule has 0 saturated carbocycles. The molecule has 4 heterocycles. The lowest BCUT2D eigenvalue weighted by atomic mass is 9.94. The lowest BCUT2D eigenvalue weighted by Gasteiger charge is -2.31. The summed E-state index contributed by atoms with van der Waals surface area (Å²) in [5.74, 6) is -0.0745. The molecule has 0 unspecified atom stereocenters. The molecule has 10 nitrogen and oxygen atoms in total. The van der Waals surface area contributed by atoms with Crippen molar-refractivity contribution in [3.8, 4) is 11.1 Å². The van der Waals surface area contributed by atoms with Crippen LogP contribution in [-0.4, -0.2) is 57.9 Å². The van der Waals surface area contributed by atoms with Crippen LogP contribution in [0.25, 0.3) is 21.3 Å². The van der Waals surface area contributed by atoms with Crippen molar-refractivity contribution in [3.05, 3.63) is 119 Å². The number of carbonyl (C=O) groups excluding carboxylic acids is 2. The highest BCUT2D eigenvalue weighted by molar-refractivity contribution is 7.22. The van der Waals surface area contributed by atoms with E-state index in [1.165, 1.54) is 11.3 Å². The second-order valence-electron chi connectivity index (χ2n) is 13.6. The first-order valence-electron chi connectivity index (χ1n) is 16.6. The third kappa shape index (κ3) is 7.09. The molecule has 0 fully saturated rings. The number of pyridine rings is 1. The molecule has 11 heteroatoms. The van der Waals surface area contributed by atoms with Gasteiger partial charge in [-0.1, -0.05) is 47.7 Å². The maximum Gasteiger partial charge on any atom is 0.358 e. The highest BCUT2D eigenvalue weighted by Crippen LogP contribution is 2.32. The van der Waals surface area contributed by atoms with Gasteiger partial charge in [0.05, 0.1) is 23.0 Å². The van der Waals surface area contributed by atoms with E-state index in [2.05, 4.69) is 49.5 Å². The Kier molecular flexibility index (Phi) is 8.83. The number of nitrogens with zero attached hydrogens (tertiary/aromatic N) is 6. The second-order valence-corrected chi connectivity index (χ2v) is 14.6. The lowest BCUT2D eigenvalue weighted by molar-refractivity contribution is 0.00638. The van der Waals surface area contributed by atoms with Crippen molar-refractivity contribution in [2.24, 2.45) is 0 Å². The first-order valence-corrected chi connectivity index (χ1v) is 17.4. The van der Waals surface area contributed by atoms with Crippen LogP contribution >= 0.6 is 11.3 Å². The van der Waals surface area contributed by atoms with E-state index in [-0.39, 0.29) is 11.6 Å². The van der Waals surface area contributed by atoms with Gasteiger partial charge in [0.25, 0.3) is 5.91 Å². The predicted octanol–water partition coefficient (Wildman–Crippen LogP) is 7.44. The summed E-state index contributed by atoms with van der Waals surface area (Å²) in [6, 6.07) is 25.8. The van der Waals surface area contributed by atoms with Crippen LogP contribution in [0.4, 0.5) is 16.6 Å². The molecule has 0 saturated heterocycles. The summed E-state index contributed by atoms with van der Waals surface area (Å²) in [5, 5.41) is 8.19. The van der Waals surface area contributed by atoms with E-state index in [1.54, 1.807) is 6.20 Å². The number of aromatic nitrogens is 4. The number of esters is 1. The first-order chi connectivity index (χ1) is 24.0. The molecule has 7 rings (SSSR count). The van der Waals surface area contributed by atoms with Gasteiger partial charge >= 0.3 is 5.97 Å². The largest absolute Gasteiger partial charge is 0.455 e. The Hall–Kier alpha value is -5.55. The van der Waals surface area contributed by atoms with E-state index in [0.29, 0.717) is 41.7 Å². The Morgan fingerprint density at radius 2 is 1.80 bits per heavy atom. The zero-order valence-corrected chi connectivity index (χ0v) is 29.6. The Bertz CT molecular complexity index is 2180. The van der Waals surface area contributed by atoms with Crippen LogP contribution in [0.2, 0.25) is 0 Å². The zero-order valence-electron chi connectivity index (χ0n) is 28.8. The molecule has 0 bridgehead atoms. The summed E-state index contributed by atoms with van der Waals surface area (Å²) in [6.07, 6.45) is 4.42. The van der Waals surface area contributed by atoms with Gasteiger partial charge in [0.15, 0.2) is 10.8 Å². The molecule has 50 heavy (non-hydrogen) atoms. The molecule has 0 spiro atoms. The van der Waals surface area contributed by atoms with Crippen molar-refractivity contribution in [1.29, 1.82) is 0 Å². The number of anilines is 3. The second kappa shape index (κ2) is 13.4. The average Bonchev–Trinajstić information content (AvgIpc) is 3.73. The number of nitrogens with one attached hydrogen (secondary N) is 1. The van der Waals surface area contributed by atoms with Crippen molar-refractivity contribution < 1.29 is 14.3 Å². The highest BCUT2D eigenvalue weighted by atomic mass is 32.1. The number of thiazole rings is 1. The monoisotopic (exact) mass is 685 g/mol. The molecule has 0 radical (unpaired) electrons. The molecule has 1 aliphatic rings. The van der Waals surface area contributed by atoms with Gasteiger partial charge in [-0.25, -0.2) is 14.8 Å². The number of fused-ring (bicyclic) bond motifs is 2. The van der Waals surface area contributed by atoms with Crippen LogP contribution in [0, 0.1) is 0 Å². The molecular formula is C39H39N7O3S. The Labute approximate surface area is 295 Å². The van der Waals surface area contributed by atoms with Gasteiger partial charge in [-0.15, -0.1) is 0 Å². The van der Waals surface area contributed by atoms with Gasteiger partial charge in [-0.05, 0) is 86.3 Å². The van der Waals surface area contributed by atoms with Crippen molar-refractivity contribution in [2.75, 3.05) is 35.8 Å². The number of para-hydroxylation sites is 1. The fourth-order valence-corrected chi connectivity index (χ4v) is 6.99. The van der Waals surface area contributed by atoms with E-state index >= 15 is 0 Å². The lowest BCUT2D eigenvalue weighted by Crippen LogP contribution is -2.33. The molecule has 6 aromatic rings. The Morgan fingerprint density at radius 3 is 2.60 bits per heavy atom. The molecular weight excluding hydrogens is 647 g/mol. The number of ether oxygens (including phenoxy) is 1. The maximum absolute atomic E-state index is 13.7. The summed E-state index contributed by atoms with van der Waals surface area (Å²) in [7, 11) is 4.04. The minimum absolute atomic E-state index is 0.203. The minimum atomic E-state index is -0.705. The van der Waals surface area contributed by atoms with Crippen LogP contribution in [0.5, 0.6) is 0 Å². The molecule has 1 N–H and O–H groups in total. The fourth-order valence-electron chi connectivity index (χ4n) is 6.13. The number of carbonyl (C=O) groups is 2.